The topological polar surface area (TPSA) is 87.1 Å². The Labute approximate surface area is 150 Å². The van der Waals surface area contributed by atoms with Crippen molar-refractivity contribution in [2.24, 2.45) is 0 Å². The molecule has 2 heterocycles. The van der Waals surface area contributed by atoms with Crippen LogP contribution in [0.25, 0.3) is 10.9 Å². The van der Waals surface area contributed by atoms with E-state index in [0.29, 0.717) is 22.6 Å². The molecule has 26 heavy (non-hydrogen) atoms. The number of amides is 2. The molecule has 1 aliphatic carbocycles. The van der Waals surface area contributed by atoms with Gasteiger partial charge in [-0.05, 0) is 69.4 Å². The van der Waals surface area contributed by atoms with Crippen LogP contribution in [0.4, 0.5) is 0 Å². The fourth-order valence-electron chi connectivity index (χ4n) is 3.66. The molecule has 0 fully saturated rings. The monoisotopic (exact) mass is 351 g/mol. The molecule has 4 rings (SSSR count). The number of hydrogen-bond acceptors (Lipinski definition) is 3. The van der Waals surface area contributed by atoms with Gasteiger partial charge >= 0.3 is 0 Å². The molecule has 6 nitrogen and oxygen atoms in total. The molecule has 0 radical (unpaired) electrons. The average molecular weight is 351 g/mol. The van der Waals surface area contributed by atoms with Crippen molar-refractivity contribution in [1.29, 1.82) is 0 Å². The molecule has 3 aromatic rings. The second-order valence-corrected chi connectivity index (χ2v) is 6.78. The van der Waals surface area contributed by atoms with Gasteiger partial charge in [-0.25, -0.2) is 0 Å². The molecule has 6 heteroatoms. The zero-order valence-electron chi connectivity index (χ0n) is 14.9. The second kappa shape index (κ2) is 6.37. The molecule has 134 valence electrons. The van der Waals surface area contributed by atoms with Crippen LogP contribution in [0.3, 0.4) is 0 Å². The summed E-state index contributed by atoms with van der Waals surface area (Å²) in [4.78, 5) is 28.1. The lowest BCUT2D eigenvalue weighted by molar-refractivity contribution is 0.0846. The summed E-state index contributed by atoms with van der Waals surface area (Å²) in [6.07, 6.45) is 4.48. The maximum atomic E-state index is 12.4. The highest BCUT2D eigenvalue weighted by atomic mass is 16.3. The molecule has 1 aromatic carbocycles. The molecule has 0 spiro atoms. The molecule has 2 aromatic heterocycles. The first-order valence-electron chi connectivity index (χ1n) is 8.84. The smallest absolute Gasteiger partial charge is 0.273 e. The minimum atomic E-state index is -0.396. The lowest BCUT2D eigenvalue weighted by Crippen LogP contribution is -2.41. The number of furan rings is 1. The van der Waals surface area contributed by atoms with E-state index in [2.05, 4.69) is 15.8 Å². The number of aryl methyl sites for hydroxylation is 4. The van der Waals surface area contributed by atoms with Gasteiger partial charge in [0.1, 0.15) is 11.5 Å². The molecule has 0 saturated heterocycles. The maximum Gasteiger partial charge on any atom is 0.273 e. The van der Waals surface area contributed by atoms with Crippen molar-refractivity contribution in [3.05, 3.63) is 58.2 Å². The summed E-state index contributed by atoms with van der Waals surface area (Å²) in [5.41, 5.74) is 9.52. The number of fused-ring (bicyclic) bond motifs is 3. The van der Waals surface area contributed by atoms with Crippen LogP contribution in [0.15, 0.2) is 28.7 Å². The Morgan fingerprint density at radius 2 is 1.81 bits per heavy atom. The molecule has 0 aliphatic heterocycles. The van der Waals surface area contributed by atoms with Gasteiger partial charge in [-0.15, -0.1) is 0 Å². The van der Waals surface area contributed by atoms with Crippen LogP contribution < -0.4 is 10.9 Å². The molecular weight excluding hydrogens is 330 g/mol. The number of hydrogen-bond donors (Lipinski definition) is 3. The van der Waals surface area contributed by atoms with Crippen molar-refractivity contribution >= 4 is 22.7 Å². The van der Waals surface area contributed by atoms with Gasteiger partial charge in [-0.3, -0.25) is 20.4 Å². The van der Waals surface area contributed by atoms with E-state index in [1.165, 1.54) is 24.1 Å². The van der Waals surface area contributed by atoms with E-state index < -0.39 is 5.91 Å². The van der Waals surface area contributed by atoms with E-state index in [1.54, 1.807) is 26.0 Å². The van der Waals surface area contributed by atoms with Gasteiger partial charge in [-0.2, -0.15) is 0 Å². The summed E-state index contributed by atoms with van der Waals surface area (Å²) in [7, 11) is 0. The van der Waals surface area contributed by atoms with Crippen molar-refractivity contribution in [1.82, 2.24) is 15.8 Å². The van der Waals surface area contributed by atoms with Gasteiger partial charge in [0.05, 0.1) is 5.56 Å². The highest BCUT2D eigenvalue weighted by molar-refractivity contribution is 6.01. The van der Waals surface area contributed by atoms with Crippen LogP contribution >= 0.6 is 0 Å². The maximum absolute atomic E-state index is 12.4. The number of rotatable bonds is 2. The van der Waals surface area contributed by atoms with E-state index in [1.807, 2.05) is 12.1 Å². The summed E-state index contributed by atoms with van der Waals surface area (Å²) in [5, 5.41) is 1.10. The van der Waals surface area contributed by atoms with Gasteiger partial charge < -0.3 is 9.40 Å². The number of aromatic nitrogens is 1. The average Bonchev–Trinajstić information content (AvgIpc) is 3.18. The van der Waals surface area contributed by atoms with E-state index >= 15 is 0 Å². The number of carbonyl (C=O) groups excluding carboxylic acids is 2. The highest BCUT2D eigenvalue weighted by Crippen LogP contribution is 2.29. The van der Waals surface area contributed by atoms with Crippen molar-refractivity contribution in [2.75, 3.05) is 0 Å². The van der Waals surface area contributed by atoms with Gasteiger partial charge in [-0.1, -0.05) is 0 Å². The summed E-state index contributed by atoms with van der Waals surface area (Å²) in [6, 6.07) is 7.23. The van der Waals surface area contributed by atoms with Crippen LogP contribution in [-0.4, -0.2) is 16.8 Å². The van der Waals surface area contributed by atoms with Crippen molar-refractivity contribution in [3.8, 4) is 0 Å². The number of H-pyrrole nitrogens is 1. The Hall–Kier alpha value is -3.02. The zero-order valence-corrected chi connectivity index (χ0v) is 14.9. The number of carbonyl (C=O) groups is 2. The predicted molar refractivity (Wildman–Crippen MR) is 98.1 cm³/mol. The minimum Gasteiger partial charge on any atom is -0.466 e. The van der Waals surface area contributed by atoms with Crippen LogP contribution in [-0.2, 0) is 12.8 Å². The second-order valence-electron chi connectivity index (χ2n) is 6.78. The third-order valence-corrected chi connectivity index (χ3v) is 4.94. The lowest BCUT2D eigenvalue weighted by Gasteiger charge is -2.10. The Kier molecular flexibility index (Phi) is 4.03. The Morgan fingerprint density at radius 1 is 1.04 bits per heavy atom. The molecular formula is C20H21N3O3. The molecule has 1 aliphatic rings. The van der Waals surface area contributed by atoms with Crippen LogP contribution in [0.5, 0.6) is 0 Å². The fraction of sp³-hybridized carbons (Fsp3) is 0.300. The van der Waals surface area contributed by atoms with E-state index in [-0.39, 0.29) is 5.91 Å². The quantitative estimate of drug-likeness (QED) is 0.619. The van der Waals surface area contributed by atoms with Crippen LogP contribution in [0, 0.1) is 13.8 Å². The predicted octanol–water partition coefficient (Wildman–Crippen LogP) is 3.33. The Morgan fingerprint density at radius 3 is 2.58 bits per heavy atom. The highest BCUT2D eigenvalue weighted by Gasteiger charge is 2.18. The van der Waals surface area contributed by atoms with E-state index in [4.69, 9.17) is 4.42 Å². The molecule has 0 bridgehead atoms. The summed E-state index contributed by atoms with van der Waals surface area (Å²) >= 11 is 0. The minimum absolute atomic E-state index is 0.344. The van der Waals surface area contributed by atoms with Crippen molar-refractivity contribution in [3.63, 3.8) is 0 Å². The number of benzene rings is 1. The van der Waals surface area contributed by atoms with Gasteiger partial charge in [0.2, 0.25) is 0 Å². The third kappa shape index (κ3) is 2.87. The number of nitrogens with one attached hydrogen (secondary N) is 3. The van der Waals surface area contributed by atoms with Crippen LogP contribution in [0.1, 0.15) is 56.3 Å². The first-order valence-corrected chi connectivity index (χ1v) is 8.84. The normalized spacial score (nSPS) is 13.5. The summed E-state index contributed by atoms with van der Waals surface area (Å²) in [6.45, 7) is 3.49. The first kappa shape index (κ1) is 16.4. The van der Waals surface area contributed by atoms with E-state index in [0.717, 1.165) is 23.7 Å². The lowest BCUT2D eigenvalue weighted by atomic mass is 9.95. The molecule has 3 N–H and O–H groups in total. The molecule has 0 atom stereocenters. The van der Waals surface area contributed by atoms with E-state index in [9.17, 15) is 9.59 Å². The fourth-order valence-corrected chi connectivity index (χ4v) is 3.66. The SMILES string of the molecule is Cc1cc(C(=O)NNC(=O)c2ccc3[nH]c4c(c3c2)CCCC4)c(C)o1. The largest absolute Gasteiger partial charge is 0.466 e. The molecule has 0 unspecified atom stereocenters. The standard InChI is InChI=1S/C20H21N3O3/c1-11-9-15(12(2)26-11)20(25)23-22-19(24)13-7-8-18-16(10-13)14-5-3-4-6-17(14)21-18/h7-10,21H,3-6H2,1-2H3,(H,22,24)(H,23,25). The Bertz CT molecular complexity index is 1010. The summed E-state index contributed by atoms with van der Waals surface area (Å²) < 4.78 is 5.34. The number of aromatic amines is 1. The van der Waals surface area contributed by atoms with Crippen molar-refractivity contribution < 1.29 is 14.0 Å². The summed E-state index contributed by atoms with van der Waals surface area (Å²) in [5.74, 6) is 0.438. The molecule has 2 amide bonds. The number of hydrazine groups is 1. The molecule has 0 saturated carbocycles. The van der Waals surface area contributed by atoms with Crippen molar-refractivity contribution in [2.45, 2.75) is 39.5 Å². The van der Waals surface area contributed by atoms with Gasteiger partial charge in [0.25, 0.3) is 11.8 Å². The van der Waals surface area contributed by atoms with Gasteiger partial charge in [0, 0.05) is 22.2 Å². The Balaban J connectivity index is 1.51. The third-order valence-electron chi connectivity index (χ3n) is 4.94. The van der Waals surface area contributed by atoms with Crippen LogP contribution in [0.2, 0.25) is 0 Å². The zero-order chi connectivity index (χ0) is 18.3. The first-order chi connectivity index (χ1) is 12.5. The van der Waals surface area contributed by atoms with Gasteiger partial charge in [0.15, 0.2) is 0 Å².